The first kappa shape index (κ1) is 20.2. The maximum atomic E-state index is 12.0. The van der Waals surface area contributed by atoms with Gasteiger partial charge in [-0.15, -0.1) is 5.06 Å². The van der Waals surface area contributed by atoms with Gasteiger partial charge in [-0.1, -0.05) is 6.42 Å². The molecule has 146 valence electrons. The second-order valence-corrected chi connectivity index (χ2v) is 6.06. The summed E-state index contributed by atoms with van der Waals surface area (Å²) in [6.45, 7) is 0.252. The number of carbonyl (C=O) groups excluding carboxylic acids is 6. The third-order valence-electron chi connectivity index (χ3n) is 4.10. The highest BCUT2D eigenvalue weighted by atomic mass is 16.7. The lowest BCUT2D eigenvalue weighted by molar-refractivity contribution is -0.198. The van der Waals surface area contributed by atoms with Gasteiger partial charge >= 0.3 is 11.9 Å². The standard InChI is InChI=1S/C16H19N3O8/c17-26-15(24)9-10-8-13(22)19(16(10)25)27-14(23)4-2-1-3-7-18-11(20)5-6-12(18)21/h5-6,10H,1-4,7-9,17H2. The fourth-order valence-electron chi connectivity index (χ4n) is 2.69. The Balaban J connectivity index is 1.67. The summed E-state index contributed by atoms with van der Waals surface area (Å²) in [5, 5.41) is 0.365. The molecule has 0 radical (unpaired) electrons. The van der Waals surface area contributed by atoms with Crippen LogP contribution in [-0.2, 0) is 38.4 Å². The molecule has 1 saturated heterocycles. The Morgan fingerprint density at radius 3 is 2.33 bits per heavy atom. The number of hydrogen-bond acceptors (Lipinski definition) is 9. The second-order valence-electron chi connectivity index (χ2n) is 6.06. The molecule has 1 fully saturated rings. The van der Waals surface area contributed by atoms with Crippen LogP contribution in [0.3, 0.4) is 0 Å². The number of nitrogens with zero attached hydrogens (tertiary/aromatic N) is 2. The minimum atomic E-state index is -0.967. The predicted molar refractivity (Wildman–Crippen MR) is 85.3 cm³/mol. The van der Waals surface area contributed by atoms with Gasteiger partial charge in [-0.05, 0) is 12.8 Å². The molecule has 2 heterocycles. The second kappa shape index (κ2) is 9.03. The van der Waals surface area contributed by atoms with Crippen LogP contribution in [0.1, 0.15) is 38.5 Å². The summed E-state index contributed by atoms with van der Waals surface area (Å²) in [5.74, 6) is -0.133. The molecule has 2 rings (SSSR count). The molecule has 0 aromatic heterocycles. The number of rotatable bonds is 9. The third kappa shape index (κ3) is 5.20. The molecule has 1 unspecified atom stereocenters. The molecule has 11 nitrogen and oxygen atoms in total. The van der Waals surface area contributed by atoms with Gasteiger partial charge in [-0.2, -0.15) is 5.90 Å². The molecule has 1 atom stereocenters. The molecular weight excluding hydrogens is 362 g/mol. The average molecular weight is 381 g/mol. The van der Waals surface area contributed by atoms with E-state index in [-0.39, 0.29) is 37.6 Å². The summed E-state index contributed by atoms with van der Waals surface area (Å²) in [7, 11) is 0. The first-order chi connectivity index (χ1) is 12.8. The zero-order valence-corrected chi connectivity index (χ0v) is 14.4. The van der Waals surface area contributed by atoms with Crippen LogP contribution in [0, 0.1) is 5.92 Å². The molecule has 27 heavy (non-hydrogen) atoms. The molecular formula is C16H19N3O8. The topological polar surface area (TPSA) is 153 Å². The Morgan fingerprint density at radius 1 is 1.04 bits per heavy atom. The van der Waals surface area contributed by atoms with Crippen LogP contribution in [0.4, 0.5) is 0 Å². The quantitative estimate of drug-likeness (QED) is 0.304. The number of unbranched alkanes of at least 4 members (excludes halogenated alkanes) is 2. The van der Waals surface area contributed by atoms with Crippen molar-refractivity contribution in [2.24, 2.45) is 11.8 Å². The number of amides is 4. The highest BCUT2D eigenvalue weighted by molar-refractivity contribution is 6.12. The molecule has 0 aromatic carbocycles. The highest BCUT2D eigenvalue weighted by Crippen LogP contribution is 2.23. The molecule has 11 heteroatoms. The minimum Gasteiger partial charge on any atom is -0.373 e. The highest BCUT2D eigenvalue weighted by Gasteiger charge is 2.42. The van der Waals surface area contributed by atoms with Crippen molar-refractivity contribution in [3.8, 4) is 0 Å². The summed E-state index contributed by atoms with van der Waals surface area (Å²) in [6.07, 6.45) is 3.14. The maximum Gasteiger partial charge on any atom is 0.333 e. The van der Waals surface area contributed by atoms with Crippen LogP contribution in [0.2, 0.25) is 0 Å². The van der Waals surface area contributed by atoms with Crippen molar-refractivity contribution in [3.63, 3.8) is 0 Å². The summed E-state index contributed by atoms with van der Waals surface area (Å²) in [5.41, 5.74) is 0. The van der Waals surface area contributed by atoms with Crippen LogP contribution in [0.5, 0.6) is 0 Å². The van der Waals surface area contributed by atoms with Crippen molar-refractivity contribution < 1.29 is 38.4 Å². The van der Waals surface area contributed by atoms with E-state index in [4.69, 9.17) is 10.7 Å². The van der Waals surface area contributed by atoms with E-state index in [2.05, 4.69) is 4.84 Å². The van der Waals surface area contributed by atoms with Crippen molar-refractivity contribution in [2.75, 3.05) is 6.54 Å². The van der Waals surface area contributed by atoms with Crippen molar-refractivity contribution in [1.29, 1.82) is 0 Å². The van der Waals surface area contributed by atoms with Gasteiger partial charge in [0.15, 0.2) is 0 Å². The summed E-state index contributed by atoms with van der Waals surface area (Å²) in [6, 6.07) is 0. The number of hydroxylamine groups is 2. The van der Waals surface area contributed by atoms with Gasteiger partial charge in [0.2, 0.25) is 0 Å². The Hall–Kier alpha value is -3.08. The minimum absolute atomic E-state index is 0.0489. The van der Waals surface area contributed by atoms with Crippen LogP contribution < -0.4 is 5.90 Å². The lowest BCUT2D eigenvalue weighted by Crippen LogP contribution is -2.34. The first-order valence-electron chi connectivity index (χ1n) is 8.34. The smallest absolute Gasteiger partial charge is 0.333 e. The molecule has 0 saturated carbocycles. The molecule has 2 aliphatic heterocycles. The molecule has 2 N–H and O–H groups in total. The van der Waals surface area contributed by atoms with Crippen molar-refractivity contribution >= 4 is 35.6 Å². The summed E-state index contributed by atoms with van der Waals surface area (Å²) >= 11 is 0. The van der Waals surface area contributed by atoms with Gasteiger partial charge in [0.25, 0.3) is 23.6 Å². The summed E-state index contributed by atoms with van der Waals surface area (Å²) in [4.78, 5) is 79.2. The number of carbonyl (C=O) groups is 6. The Bertz CT molecular complexity index is 684. The Morgan fingerprint density at radius 2 is 1.70 bits per heavy atom. The van der Waals surface area contributed by atoms with E-state index in [9.17, 15) is 28.8 Å². The maximum absolute atomic E-state index is 12.0. The molecule has 0 aromatic rings. The molecule has 4 amide bonds. The van der Waals surface area contributed by atoms with Crippen molar-refractivity contribution in [3.05, 3.63) is 12.2 Å². The summed E-state index contributed by atoms with van der Waals surface area (Å²) < 4.78 is 0. The van der Waals surface area contributed by atoms with E-state index >= 15 is 0 Å². The molecule has 0 spiro atoms. The van der Waals surface area contributed by atoms with E-state index in [0.29, 0.717) is 24.3 Å². The monoisotopic (exact) mass is 381 g/mol. The third-order valence-corrected chi connectivity index (χ3v) is 4.10. The fraction of sp³-hybridized carbons (Fsp3) is 0.500. The molecule has 0 bridgehead atoms. The SMILES string of the molecule is NOC(=O)CC1CC(=O)N(OC(=O)CCCCCN2C(=O)C=CC2=O)C1=O. The fourth-order valence-corrected chi connectivity index (χ4v) is 2.69. The lowest BCUT2D eigenvalue weighted by atomic mass is 10.0. The van der Waals surface area contributed by atoms with Gasteiger partial charge < -0.3 is 9.68 Å². The number of hydrogen-bond donors (Lipinski definition) is 1. The van der Waals surface area contributed by atoms with E-state index in [1.54, 1.807) is 0 Å². The van der Waals surface area contributed by atoms with Crippen LogP contribution in [-0.4, -0.2) is 52.1 Å². The number of imide groups is 2. The van der Waals surface area contributed by atoms with Crippen LogP contribution >= 0.6 is 0 Å². The Kier molecular flexibility index (Phi) is 6.77. The Labute approximate surface area is 153 Å². The van der Waals surface area contributed by atoms with Gasteiger partial charge in [-0.25, -0.2) is 4.79 Å². The van der Waals surface area contributed by atoms with E-state index < -0.39 is 29.7 Å². The van der Waals surface area contributed by atoms with Gasteiger partial charge in [0.1, 0.15) is 0 Å². The average Bonchev–Trinajstić information content (AvgIpc) is 3.08. The van der Waals surface area contributed by atoms with Gasteiger partial charge in [0, 0.05) is 31.5 Å². The van der Waals surface area contributed by atoms with Crippen LogP contribution in [0.15, 0.2) is 12.2 Å². The predicted octanol–water partition coefficient (Wildman–Crippen LogP) is -0.888. The van der Waals surface area contributed by atoms with Gasteiger partial charge in [0.05, 0.1) is 12.3 Å². The van der Waals surface area contributed by atoms with Crippen molar-refractivity contribution in [2.45, 2.75) is 38.5 Å². The first-order valence-corrected chi connectivity index (χ1v) is 8.34. The number of nitrogens with two attached hydrogens (primary N) is 1. The van der Waals surface area contributed by atoms with E-state index in [1.807, 2.05) is 0 Å². The molecule has 2 aliphatic rings. The van der Waals surface area contributed by atoms with E-state index in [1.165, 1.54) is 12.2 Å². The lowest BCUT2D eigenvalue weighted by Gasteiger charge is -2.14. The van der Waals surface area contributed by atoms with Crippen LogP contribution in [0.25, 0.3) is 0 Å². The zero-order chi connectivity index (χ0) is 20.0. The molecule has 0 aliphatic carbocycles. The zero-order valence-electron chi connectivity index (χ0n) is 14.4. The normalized spacial score (nSPS) is 19.2. The van der Waals surface area contributed by atoms with Gasteiger partial charge in [-0.3, -0.25) is 28.9 Å². The largest absolute Gasteiger partial charge is 0.373 e. The van der Waals surface area contributed by atoms with E-state index in [0.717, 1.165) is 4.90 Å². The van der Waals surface area contributed by atoms with Crippen molar-refractivity contribution in [1.82, 2.24) is 9.96 Å².